The second kappa shape index (κ2) is 2.86. The van der Waals surface area contributed by atoms with Crippen molar-refractivity contribution in [2.24, 2.45) is 5.92 Å². The molecule has 1 rings (SSSR count). The molecule has 0 unspecified atom stereocenters. The van der Waals surface area contributed by atoms with Crippen LogP contribution in [0.4, 0.5) is 0 Å². The van der Waals surface area contributed by atoms with Crippen LogP contribution in [-0.4, -0.2) is 20.2 Å². The van der Waals surface area contributed by atoms with Gasteiger partial charge in [-0.05, 0) is 23.3 Å². The Kier molecular flexibility index (Phi) is 2.07. The first-order chi connectivity index (χ1) is 5.13. The first-order valence-electron chi connectivity index (χ1n) is 3.62. The van der Waals surface area contributed by atoms with E-state index in [0.717, 1.165) is 0 Å². The SMILES string of the molecule is CC(C)[C@@H](C)n1nn[nH]c1=O. The molecular formula is C6H12N4O. The normalized spacial score (nSPS) is 13.8. The van der Waals surface area contributed by atoms with Crippen molar-refractivity contribution in [1.82, 2.24) is 20.2 Å². The van der Waals surface area contributed by atoms with E-state index in [1.165, 1.54) is 4.68 Å². The lowest BCUT2D eigenvalue weighted by molar-refractivity contribution is 0.360. The van der Waals surface area contributed by atoms with E-state index < -0.39 is 0 Å². The van der Waals surface area contributed by atoms with Gasteiger partial charge in [-0.15, -0.1) is 0 Å². The van der Waals surface area contributed by atoms with Crippen molar-refractivity contribution in [2.45, 2.75) is 26.8 Å². The number of rotatable bonds is 2. The van der Waals surface area contributed by atoms with E-state index in [1.807, 2.05) is 20.8 Å². The summed E-state index contributed by atoms with van der Waals surface area (Å²) in [6, 6.07) is 0.0984. The van der Waals surface area contributed by atoms with E-state index in [4.69, 9.17) is 0 Å². The fourth-order valence-corrected chi connectivity index (χ4v) is 0.754. The van der Waals surface area contributed by atoms with Crippen molar-refractivity contribution in [3.63, 3.8) is 0 Å². The van der Waals surface area contributed by atoms with E-state index >= 15 is 0 Å². The zero-order valence-electron chi connectivity index (χ0n) is 6.90. The van der Waals surface area contributed by atoms with Gasteiger partial charge in [0, 0.05) is 0 Å². The van der Waals surface area contributed by atoms with Gasteiger partial charge in [0.1, 0.15) is 0 Å². The largest absolute Gasteiger partial charge is 0.361 e. The Balaban J connectivity index is 2.93. The predicted octanol–water partition coefficient (Wildman–Crippen LogP) is 0.183. The van der Waals surface area contributed by atoms with E-state index in [1.54, 1.807) is 0 Å². The summed E-state index contributed by atoms with van der Waals surface area (Å²) in [6.07, 6.45) is 0. The van der Waals surface area contributed by atoms with E-state index in [2.05, 4.69) is 15.5 Å². The topological polar surface area (TPSA) is 63.6 Å². The number of tetrazole rings is 1. The summed E-state index contributed by atoms with van der Waals surface area (Å²) in [7, 11) is 0. The van der Waals surface area contributed by atoms with E-state index in [0.29, 0.717) is 5.92 Å². The maximum absolute atomic E-state index is 10.9. The molecule has 0 saturated heterocycles. The highest BCUT2D eigenvalue weighted by Gasteiger charge is 2.12. The second-order valence-electron chi connectivity index (χ2n) is 2.94. The molecule has 0 aliphatic carbocycles. The molecule has 0 aliphatic heterocycles. The van der Waals surface area contributed by atoms with Gasteiger partial charge in [0.15, 0.2) is 0 Å². The number of hydrogen-bond donors (Lipinski definition) is 1. The molecule has 0 bridgehead atoms. The van der Waals surface area contributed by atoms with Gasteiger partial charge in [-0.25, -0.2) is 9.89 Å². The van der Waals surface area contributed by atoms with Gasteiger partial charge >= 0.3 is 5.69 Å². The molecule has 0 aromatic carbocycles. The van der Waals surface area contributed by atoms with Gasteiger partial charge < -0.3 is 0 Å². The summed E-state index contributed by atoms with van der Waals surface area (Å²) in [5.41, 5.74) is -0.244. The molecule has 1 aromatic heterocycles. The summed E-state index contributed by atoms with van der Waals surface area (Å²) in [4.78, 5) is 10.9. The van der Waals surface area contributed by atoms with Crippen molar-refractivity contribution in [1.29, 1.82) is 0 Å². The van der Waals surface area contributed by atoms with E-state index in [-0.39, 0.29) is 11.7 Å². The highest BCUT2D eigenvalue weighted by molar-refractivity contribution is 4.64. The quantitative estimate of drug-likeness (QED) is 0.664. The molecule has 1 aromatic rings. The Bertz CT molecular complexity index is 274. The zero-order valence-corrected chi connectivity index (χ0v) is 6.90. The number of hydrogen-bond acceptors (Lipinski definition) is 3. The number of aromatic amines is 1. The van der Waals surface area contributed by atoms with Crippen LogP contribution in [0.1, 0.15) is 26.8 Å². The fraction of sp³-hybridized carbons (Fsp3) is 0.833. The number of aromatic nitrogens is 4. The maximum atomic E-state index is 10.9. The van der Waals surface area contributed by atoms with Crippen LogP contribution in [0.3, 0.4) is 0 Å². The van der Waals surface area contributed by atoms with Gasteiger partial charge in [-0.1, -0.05) is 13.8 Å². The van der Waals surface area contributed by atoms with Crippen molar-refractivity contribution in [2.75, 3.05) is 0 Å². The van der Waals surface area contributed by atoms with Crippen LogP contribution < -0.4 is 5.69 Å². The lowest BCUT2D eigenvalue weighted by atomic mass is 10.1. The summed E-state index contributed by atoms with van der Waals surface area (Å²) < 4.78 is 1.35. The zero-order chi connectivity index (χ0) is 8.43. The molecule has 62 valence electrons. The monoisotopic (exact) mass is 156 g/mol. The van der Waals surface area contributed by atoms with Gasteiger partial charge in [0.25, 0.3) is 0 Å². The molecule has 0 fully saturated rings. The van der Waals surface area contributed by atoms with Gasteiger partial charge in [0.05, 0.1) is 6.04 Å². The first-order valence-corrected chi connectivity index (χ1v) is 3.62. The molecule has 0 spiro atoms. The highest BCUT2D eigenvalue weighted by atomic mass is 16.2. The Morgan fingerprint density at radius 2 is 2.09 bits per heavy atom. The Hall–Kier alpha value is -1.13. The Morgan fingerprint density at radius 1 is 1.45 bits per heavy atom. The molecular weight excluding hydrogens is 144 g/mol. The second-order valence-corrected chi connectivity index (χ2v) is 2.94. The lowest BCUT2D eigenvalue weighted by Gasteiger charge is -2.12. The van der Waals surface area contributed by atoms with Crippen LogP contribution in [-0.2, 0) is 0 Å². The van der Waals surface area contributed by atoms with Crippen molar-refractivity contribution in [3.8, 4) is 0 Å². The average Bonchev–Trinajstić information content (AvgIpc) is 2.33. The summed E-state index contributed by atoms with van der Waals surface area (Å²) >= 11 is 0. The number of nitrogens with zero attached hydrogens (tertiary/aromatic N) is 3. The van der Waals surface area contributed by atoms with Crippen LogP contribution >= 0.6 is 0 Å². The average molecular weight is 156 g/mol. The van der Waals surface area contributed by atoms with Crippen LogP contribution in [0, 0.1) is 5.92 Å². The van der Waals surface area contributed by atoms with Gasteiger partial charge in [-0.2, -0.15) is 4.68 Å². The molecule has 0 radical (unpaired) electrons. The molecule has 0 aliphatic rings. The third-order valence-electron chi connectivity index (χ3n) is 1.85. The molecule has 5 heteroatoms. The minimum absolute atomic E-state index is 0.0984. The fourth-order valence-electron chi connectivity index (χ4n) is 0.754. The van der Waals surface area contributed by atoms with E-state index in [9.17, 15) is 4.79 Å². The molecule has 1 heterocycles. The number of nitrogens with one attached hydrogen (secondary N) is 1. The molecule has 0 saturated carbocycles. The van der Waals surface area contributed by atoms with Crippen LogP contribution in [0.5, 0.6) is 0 Å². The predicted molar refractivity (Wildman–Crippen MR) is 40.2 cm³/mol. The van der Waals surface area contributed by atoms with Gasteiger partial charge in [-0.3, -0.25) is 0 Å². The molecule has 11 heavy (non-hydrogen) atoms. The Labute approximate surface area is 64.4 Å². The van der Waals surface area contributed by atoms with Crippen LogP contribution in [0.2, 0.25) is 0 Å². The standard InChI is InChI=1S/C6H12N4O/c1-4(2)5(3)10-6(11)7-8-9-10/h4-5H,1-3H3,(H,7,9,11)/t5-/m1/s1. The molecule has 5 nitrogen and oxygen atoms in total. The summed E-state index contributed by atoms with van der Waals surface area (Å²) in [5, 5.41) is 9.29. The third-order valence-corrected chi connectivity index (χ3v) is 1.85. The minimum atomic E-state index is -0.244. The third kappa shape index (κ3) is 1.47. The number of H-pyrrole nitrogens is 1. The maximum Gasteiger partial charge on any atom is 0.361 e. The summed E-state index contributed by atoms with van der Waals surface area (Å²) in [6.45, 7) is 6.01. The molecule has 1 atom stereocenters. The molecule has 0 amide bonds. The van der Waals surface area contributed by atoms with Gasteiger partial charge in [0.2, 0.25) is 0 Å². The molecule has 1 N–H and O–H groups in total. The highest BCUT2D eigenvalue weighted by Crippen LogP contribution is 2.11. The van der Waals surface area contributed by atoms with Crippen LogP contribution in [0.25, 0.3) is 0 Å². The van der Waals surface area contributed by atoms with Crippen molar-refractivity contribution < 1.29 is 0 Å². The first kappa shape index (κ1) is 7.97. The minimum Gasteiger partial charge on any atom is -0.245 e. The van der Waals surface area contributed by atoms with Crippen LogP contribution in [0.15, 0.2) is 4.79 Å². The Morgan fingerprint density at radius 3 is 2.45 bits per heavy atom. The lowest BCUT2D eigenvalue weighted by Crippen LogP contribution is -2.24. The van der Waals surface area contributed by atoms with Crippen molar-refractivity contribution >= 4 is 0 Å². The summed E-state index contributed by atoms with van der Waals surface area (Å²) in [5.74, 6) is 0.387. The smallest absolute Gasteiger partial charge is 0.245 e. The van der Waals surface area contributed by atoms with Crippen molar-refractivity contribution in [3.05, 3.63) is 10.5 Å².